The number of nitrogens with two attached hydrogens (primary N) is 1. The van der Waals surface area contributed by atoms with E-state index in [1.165, 1.54) is 4.90 Å². The molecule has 2 aromatic carbocycles. The number of nitrogens with zero attached hydrogens (tertiary/aromatic N) is 2. The van der Waals surface area contributed by atoms with Crippen LogP contribution in [0.2, 0.25) is 0 Å². The zero-order valence-corrected chi connectivity index (χ0v) is 24.4. The number of ether oxygens (including phenoxy) is 5. The molecule has 0 aliphatic carbocycles. The molecule has 1 heterocycles. The minimum atomic E-state index is -0.518. The van der Waals surface area contributed by atoms with Crippen molar-refractivity contribution in [2.45, 2.75) is 32.8 Å². The minimum absolute atomic E-state index is 0.137. The Morgan fingerprint density at radius 3 is 2.00 bits per heavy atom. The van der Waals surface area contributed by atoms with E-state index in [4.69, 9.17) is 29.4 Å². The number of aromatic nitrogens is 1. The van der Waals surface area contributed by atoms with E-state index in [0.717, 1.165) is 21.8 Å². The summed E-state index contributed by atoms with van der Waals surface area (Å²) >= 11 is 0. The zero-order chi connectivity index (χ0) is 29.7. The first-order valence-corrected chi connectivity index (χ1v) is 13.8. The molecule has 0 atom stereocenters. The third-order valence-electron chi connectivity index (χ3n) is 5.79. The monoisotopic (exact) mass is 570 g/mol. The van der Waals surface area contributed by atoms with Gasteiger partial charge in [0.15, 0.2) is 0 Å². The van der Waals surface area contributed by atoms with E-state index in [2.05, 4.69) is 16.4 Å². The molecule has 0 saturated heterocycles. The van der Waals surface area contributed by atoms with Crippen LogP contribution in [0.5, 0.6) is 0 Å². The van der Waals surface area contributed by atoms with Crippen molar-refractivity contribution in [3.8, 4) is 0 Å². The van der Waals surface area contributed by atoms with Crippen molar-refractivity contribution in [1.29, 1.82) is 0 Å². The van der Waals surface area contributed by atoms with Crippen molar-refractivity contribution in [3.05, 3.63) is 42.5 Å². The van der Waals surface area contributed by atoms with Crippen LogP contribution in [0.1, 0.15) is 27.2 Å². The van der Waals surface area contributed by atoms with Gasteiger partial charge in [0.05, 0.1) is 70.3 Å². The Labute approximate surface area is 241 Å². The summed E-state index contributed by atoms with van der Waals surface area (Å²) < 4.78 is 27.2. The van der Waals surface area contributed by atoms with Gasteiger partial charge in [0.2, 0.25) is 5.91 Å². The third-order valence-corrected chi connectivity index (χ3v) is 5.79. The van der Waals surface area contributed by atoms with E-state index in [-0.39, 0.29) is 18.4 Å². The summed E-state index contributed by atoms with van der Waals surface area (Å²) in [5, 5.41) is 4.89. The first-order chi connectivity index (χ1) is 19.6. The number of benzene rings is 2. The first-order valence-electron chi connectivity index (χ1n) is 13.8. The molecule has 0 bridgehead atoms. The lowest BCUT2D eigenvalue weighted by molar-refractivity contribution is -0.117. The number of likely N-dealkylation sites (N-methyl/N-ethyl adjacent to an activating group) is 1. The molecule has 3 aromatic rings. The Balaban J connectivity index is 1.17. The highest BCUT2D eigenvalue weighted by Gasteiger charge is 2.19. The number of hydrogen-bond donors (Lipinski definition) is 2. The van der Waals surface area contributed by atoms with Gasteiger partial charge in [-0.15, -0.1) is 0 Å². The number of pyridine rings is 1. The molecule has 0 aliphatic rings. The Bertz CT molecular complexity index is 1280. The minimum Gasteiger partial charge on any atom is -0.444 e. The molecular weight excluding hydrogens is 528 g/mol. The van der Waals surface area contributed by atoms with Gasteiger partial charge in [-0.3, -0.25) is 4.79 Å². The second-order valence-corrected chi connectivity index (χ2v) is 10.5. The molecule has 3 N–H and O–H groups in total. The Morgan fingerprint density at radius 1 is 0.805 bits per heavy atom. The molecule has 11 heteroatoms. The van der Waals surface area contributed by atoms with Crippen LogP contribution in [0.15, 0.2) is 42.5 Å². The molecule has 1 aromatic heterocycles. The van der Waals surface area contributed by atoms with Gasteiger partial charge in [-0.1, -0.05) is 12.1 Å². The van der Waals surface area contributed by atoms with E-state index in [1.807, 2.05) is 57.2 Å². The van der Waals surface area contributed by atoms with Crippen LogP contribution in [0.3, 0.4) is 0 Å². The molecular formula is C30H42N4O7. The van der Waals surface area contributed by atoms with Crippen LogP contribution in [0.25, 0.3) is 21.8 Å². The number of rotatable bonds is 16. The average Bonchev–Trinajstić information content (AvgIpc) is 2.91. The number of hydrogen-bond acceptors (Lipinski definition) is 9. The quantitative estimate of drug-likeness (QED) is 0.147. The molecule has 0 unspecified atom stereocenters. The average molecular weight is 571 g/mol. The van der Waals surface area contributed by atoms with Gasteiger partial charge in [-0.25, -0.2) is 9.78 Å². The summed E-state index contributed by atoms with van der Waals surface area (Å²) in [4.78, 5) is 30.3. The third kappa shape index (κ3) is 11.9. The van der Waals surface area contributed by atoms with Gasteiger partial charge in [-0.2, -0.15) is 0 Å². The van der Waals surface area contributed by atoms with Gasteiger partial charge >= 0.3 is 6.09 Å². The Morgan fingerprint density at radius 2 is 1.37 bits per heavy atom. The van der Waals surface area contributed by atoms with E-state index in [0.29, 0.717) is 70.8 Å². The normalized spacial score (nSPS) is 11.6. The molecule has 224 valence electrons. The molecule has 0 spiro atoms. The lowest BCUT2D eigenvalue weighted by Crippen LogP contribution is -2.36. The fourth-order valence-electron chi connectivity index (χ4n) is 3.70. The Kier molecular flexibility index (Phi) is 12.5. The summed E-state index contributed by atoms with van der Waals surface area (Å²) in [6.07, 6.45) is -0.141. The fourth-order valence-corrected chi connectivity index (χ4v) is 3.70. The lowest BCUT2D eigenvalue weighted by Gasteiger charge is -2.24. The van der Waals surface area contributed by atoms with E-state index in [1.54, 1.807) is 7.05 Å². The van der Waals surface area contributed by atoms with Crippen molar-refractivity contribution >= 4 is 45.2 Å². The number of amides is 2. The fraction of sp³-hybridized carbons (Fsp3) is 0.500. The standard InChI is InChI=1S/C30H42N4O7/c1-30(2,3)41-29(36)34(4)10-12-38-14-16-40-18-17-39-15-13-37-11-9-28(35)32-25-8-6-23-19-22-5-7-24(31)20-26(22)33-27(23)21-25/h5-8,19-21H,9-18,31H2,1-4H3,(H,32,35). The van der Waals surface area contributed by atoms with Crippen molar-refractivity contribution in [2.24, 2.45) is 0 Å². The summed E-state index contributed by atoms with van der Waals surface area (Å²) in [5.74, 6) is -0.137. The maximum Gasteiger partial charge on any atom is 0.410 e. The maximum atomic E-state index is 12.3. The first kappa shape index (κ1) is 32.0. The topological polar surface area (TPSA) is 134 Å². The predicted octanol–water partition coefficient (Wildman–Crippen LogP) is 4.23. The van der Waals surface area contributed by atoms with Gasteiger partial charge < -0.3 is 39.6 Å². The second kappa shape index (κ2) is 16.1. The van der Waals surface area contributed by atoms with E-state index < -0.39 is 5.60 Å². The summed E-state index contributed by atoms with van der Waals surface area (Å²) in [6.45, 7) is 9.15. The van der Waals surface area contributed by atoms with Gasteiger partial charge in [0, 0.05) is 35.7 Å². The van der Waals surface area contributed by atoms with Gasteiger partial charge in [-0.05, 0) is 51.1 Å². The highest BCUT2D eigenvalue weighted by molar-refractivity contribution is 5.97. The molecule has 0 saturated carbocycles. The van der Waals surface area contributed by atoms with Crippen molar-refractivity contribution < 1.29 is 33.3 Å². The Hall–Kier alpha value is -3.51. The lowest BCUT2D eigenvalue weighted by atomic mass is 10.1. The highest BCUT2D eigenvalue weighted by Crippen LogP contribution is 2.24. The van der Waals surface area contributed by atoms with Crippen LogP contribution >= 0.6 is 0 Å². The van der Waals surface area contributed by atoms with Gasteiger partial charge in [0.25, 0.3) is 0 Å². The number of carbonyl (C=O) groups excluding carboxylic acids is 2. The molecule has 3 rings (SSSR count). The number of carbonyl (C=O) groups is 2. The van der Waals surface area contributed by atoms with E-state index in [9.17, 15) is 9.59 Å². The molecule has 0 radical (unpaired) electrons. The number of nitrogens with one attached hydrogen (secondary N) is 1. The second-order valence-electron chi connectivity index (χ2n) is 10.5. The zero-order valence-electron chi connectivity index (χ0n) is 24.4. The number of fused-ring (bicyclic) bond motifs is 2. The molecule has 0 aliphatic heterocycles. The highest BCUT2D eigenvalue weighted by atomic mass is 16.6. The number of anilines is 2. The largest absolute Gasteiger partial charge is 0.444 e. The molecule has 2 amide bonds. The SMILES string of the molecule is CN(CCOCCOCCOCCOCCC(=O)Nc1ccc2cc3ccc(N)cc3nc2c1)C(=O)OC(C)(C)C. The summed E-state index contributed by atoms with van der Waals surface area (Å²) in [5.41, 5.74) is 8.30. The van der Waals surface area contributed by atoms with Crippen LogP contribution in [-0.2, 0) is 28.5 Å². The molecule has 0 fully saturated rings. The van der Waals surface area contributed by atoms with Crippen molar-refractivity contribution in [3.63, 3.8) is 0 Å². The van der Waals surface area contributed by atoms with Crippen molar-refractivity contribution in [1.82, 2.24) is 9.88 Å². The summed E-state index contributed by atoms with van der Waals surface area (Å²) in [6, 6.07) is 13.3. The van der Waals surface area contributed by atoms with Crippen LogP contribution < -0.4 is 11.1 Å². The van der Waals surface area contributed by atoms with Crippen LogP contribution in [-0.4, -0.2) is 93.9 Å². The number of nitrogen functional groups attached to an aromatic ring is 1. The van der Waals surface area contributed by atoms with Gasteiger partial charge in [0.1, 0.15) is 5.60 Å². The smallest absolute Gasteiger partial charge is 0.410 e. The maximum absolute atomic E-state index is 12.3. The molecule has 41 heavy (non-hydrogen) atoms. The van der Waals surface area contributed by atoms with Crippen molar-refractivity contribution in [2.75, 3.05) is 77.5 Å². The predicted molar refractivity (Wildman–Crippen MR) is 159 cm³/mol. The van der Waals surface area contributed by atoms with E-state index >= 15 is 0 Å². The van der Waals surface area contributed by atoms with Crippen LogP contribution in [0.4, 0.5) is 16.2 Å². The van der Waals surface area contributed by atoms with Crippen LogP contribution in [0, 0.1) is 0 Å². The summed E-state index contributed by atoms with van der Waals surface area (Å²) in [7, 11) is 1.67. The molecule has 11 nitrogen and oxygen atoms in total.